The van der Waals surface area contributed by atoms with Crippen molar-refractivity contribution in [2.45, 2.75) is 59.2 Å². The van der Waals surface area contributed by atoms with Crippen molar-refractivity contribution in [3.63, 3.8) is 0 Å². The number of nitrogens with zero attached hydrogens (tertiary/aromatic N) is 2. The van der Waals surface area contributed by atoms with Crippen LogP contribution in [0.4, 0.5) is 5.69 Å². The van der Waals surface area contributed by atoms with E-state index in [0.717, 1.165) is 23.8 Å². The predicted octanol–water partition coefficient (Wildman–Crippen LogP) is 0.307. The van der Waals surface area contributed by atoms with Crippen LogP contribution in [0.2, 0.25) is 0 Å². The lowest BCUT2D eigenvalue weighted by molar-refractivity contribution is -0.122. The molecule has 1 aromatic rings. The minimum atomic E-state index is -0.618. The molecule has 1 aromatic heterocycles. The lowest BCUT2D eigenvalue weighted by atomic mass is 10.2. The highest BCUT2D eigenvalue weighted by Crippen LogP contribution is 1.96. The lowest BCUT2D eigenvalue weighted by Crippen LogP contribution is -2.45. The Bertz CT molecular complexity index is 599. The Kier molecular flexibility index (Phi) is 6.20. The number of carbonyl (C=O) groups excluding carboxylic acids is 1. The van der Waals surface area contributed by atoms with E-state index in [1.807, 2.05) is 20.8 Å². The molecule has 0 aliphatic carbocycles. The fourth-order valence-electron chi connectivity index (χ4n) is 2.13. The zero-order valence-electron chi connectivity index (χ0n) is 12.9. The number of aryl methyl sites for hydroxylation is 1. The van der Waals surface area contributed by atoms with Crippen LogP contribution in [0.15, 0.2) is 15.8 Å². The van der Waals surface area contributed by atoms with Gasteiger partial charge in [0.2, 0.25) is 5.91 Å². The number of hydrogen-bond acceptors (Lipinski definition) is 4. The third kappa shape index (κ3) is 4.21. The second kappa shape index (κ2) is 7.66. The van der Waals surface area contributed by atoms with Crippen molar-refractivity contribution in [2.24, 2.45) is 0 Å². The molecule has 1 amide bonds. The van der Waals surface area contributed by atoms with E-state index >= 15 is 0 Å². The van der Waals surface area contributed by atoms with Crippen LogP contribution in [0, 0.1) is 0 Å². The summed E-state index contributed by atoms with van der Waals surface area (Å²) >= 11 is 0. The number of amides is 1. The van der Waals surface area contributed by atoms with E-state index in [4.69, 9.17) is 5.73 Å². The SMILES string of the molecule is CCCn1cc(N)c(=O)n(CC(=O)NC(CC)CC)c1=O. The average molecular weight is 296 g/mol. The first-order chi connectivity index (χ1) is 9.94. The van der Waals surface area contributed by atoms with Crippen LogP contribution in [-0.4, -0.2) is 21.1 Å². The van der Waals surface area contributed by atoms with Gasteiger partial charge >= 0.3 is 5.69 Å². The number of nitrogens with one attached hydrogen (secondary N) is 1. The summed E-state index contributed by atoms with van der Waals surface area (Å²) in [7, 11) is 0. The number of hydrogen-bond donors (Lipinski definition) is 2. The van der Waals surface area contributed by atoms with Gasteiger partial charge in [-0.3, -0.25) is 14.2 Å². The van der Waals surface area contributed by atoms with Gasteiger partial charge in [0.05, 0.1) is 0 Å². The molecule has 0 fully saturated rings. The Hall–Kier alpha value is -2.05. The van der Waals surface area contributed by atoms with Crippen LogP contribution < -0.4 is 22.3 Å². The van der Waals surface area contributed by atoms with Crippen molar-refractivity contribution in [1.82, 2.24) is 14.5 Å². The van der Waals surface area contributed by atoms with Crippen molar-refractivity contribution in [1.29, 1.82) is 0 Å². The Balaban J connectivity index is 3.05. The van der Waals surface area contributed by atoms with Crippen LogP contribution in [0.3, 0.4) is 0 Å². The molecule has 1 rings (SSSR count). The van der Waals surface area contributed by atoms with E-state index < -0.39 is 11.2 Å². The molecule has 0 aromatic carbocycles. The summed E-state index contributed by atoms with van der Waals surface area (Å²) < 4.78 is 2.25. The Morgan fingerprint density at radius 1 is 1.29 bits per heavy atom. The van der Waals surface area contributed by atoms with E-state index in [9.17, 15) is 14.4 Å². The summed E-state index contributed by atoms with van der Waals surface area (Å²) in [6.45, 7) is 6.00. The zero-order chi connectivity index (χ0) is 16.0. The quantitative estimate of drug-likeness (QED) is 0.756. The second-order valence-corrected chi connectivity index (χ2v) is 5.03. The molecule has 0 saturated carbocycles. The molecule has 0 aliphatic rings. The topological polar surface area (TPSA) is 99.1 Å². The molecule has 7 nitrogen and oxygen atoms in total. The maximum Gasteiger partial charge on any atom is 0.331 e. The van der Waals surface area contributed by atoms with E-state index in [2.05, 4.69) is 5.32 Å². The summed E-state index contributed by atoms with van der Waals surface area (Å²) in [4.78, 5) is 36.1. The van der Waals surface area contributed by atoms with E-state index in [0.29, 0.717) is 6.54 Å². The van der Waals surface area contributed by atoms with Gasteiger partial charge in [0.25, 0.3) is 5.56 Å². The van der Waals surface area contributed by atoms with Gasteiger partial charge in [0.15, 0.2) is 0 Å². The summed E-state index contributed by atoms with van der Waals surface area (Å²) in [5.41, 5.74) is 4.47. The first-order valence-electron chi connectivity index (χ1n) is 7.33. The maximum atomic E-state index is 12.2. The highest BCUT2D eigenvalue weighted by molar-refractivity contribution is 5.76. The largest absolute Gasteiger partial charge is 0.393 e. The van der Waals surface area contributed by atoms with Gasteiger partial charge in [0.1, 0.15) is 12.2 Å². The van der Waals surface area contributed by atoms with Crippen LogP contribution in [0.5, 0.6) is 0 Å². The molecular formula is C14H24N4O3. The van der Waals surface area contributed by atoms with E-state index in [1.165, 1.54) is 10.8 Å². The fourth-order valence-corrected chi connectivity index (χ4v) is 2.13. The van der Waals surface area contributed by atoms with Crippen molar-refractivity contribution in [3.05, 3.63) is 27.0 Å². The van der Waals surface area contributed by atoms with Gasteiger partial charge in [0, 0.05) is 18.8 Å². The molecule has 3 N–H and O–H groups in total. The van der Waals surface area contributed by atoms with Crippen molar-refractivity contribution in [3.8, 4) is 0 Å². The minimum Gasteiger partial charge on any atom is -0.393 e. The zero-order valence-corrected chi connectivity index (χ0v) is 12.9. The van der Waals surface area contributed by atoms with Crippen molar-refractivity contribution in [2.75, 3.05) is 5.73 Å². The van der Waals surface area contributed by atoms with E-state index in [1.54, 1.807) is 0 Å². The summed E-state index contributed by atoms with van der Waals surface area (Å²) in [5.74, 6) is -0.350. The molecule has 0 spiro atoms. The van der Waals surface area contributed by atoms with E-state index in [-0.39, 0.29) is 24.2 Å². The number of rotatable bonds is 7. The molecule has 21 heavy (non-hydrogen) atoms. The van der Waals surface area contributed by atoms with Gasteiger partial charge in [-0.25, -0.2) is 9.36 Å². The highest BCUT2D eigenvalue weighted by atomic mass is 16.2. The normalized spacial score (nSPS) is 10.9. The van der Waals surface area contributed by atoms with Crippen LogP contribution in [-0.2, 0) is 17.9 Å². The summed E-state index contributed by atoms with van der Waals surface area (Å²) in [6, 6.07) is 0.0483. The van der Waals surface area contributed by atoms with Gasteiger partial charge in [-0.15, -0.1) is 0 Å². The molecule has 0 aliphatic heterocycles. The molecule has 0 unspecified atom stereocenters. The molecule has 0 atom stereocenters. The highest BCUT2D eigenvalue weighted by Gasteiger charge is 2.14. The molecular weight excluding hydrogens is 272 g/mol. The number of carbonyl (C=O) groups is 1. The number of nitrogen functional groups attached to an aromatic ring is 1. The number of aromatic nitrogens is 2. The summed E-state index contributed by atoms with van der Waals surface area (Å²) in [6.07, 6.45) is 3.67. The van der Waals surface area contributed by atoms with Crippen LogP contribution >= 0.6 is 0 Å². The number of anilines is 1. The first-order valence-corrected chi connectivity index (χ1v) is 7.33. The predicted molar refractivity (Wildman–Crippen MR) is 82.2 cm³/mol. The van der Waals surface area contributed by atoms with Crippen LogP contribution in [0.25, 0.3) is 0 Å². The van der Waals surface area contributed by atoms with Gasteiger partial charge < -0.3 is 11.1 Å². The molecule has 7 heteroatoms. The van der Waals surface area contributed by atoms with Gasteiger partial charge in [-0.1, -0.05) is 20.8 Å². The van der Waals surface area contributed by atoms with Crippen molar-refractivity contribution < 1.29 is 4.79 Å². The monoisotopic (exact) mass is 296 g/mol. The van der Waals surface area contributed by atoms with Gasteiger partial charge in [-0.2, -0.15) is 0 Å². The fraction of sp³-hybridized carbons (Fsp3) is 0.643. The molecule has 118 valence electrons. The standard InChI is InChI=1S/C14H24N4O3/c1-4-7-17-8-11(15)13(20)18(14(17)21)9-12(19)16-10(5-2)6-3/h8,10H,4-7,9,15H2,1-3H3,(H,16,19). The lowest BCUT2D eigenvalue weighted by Gasteiger charge is -2.16. The number of nitrogens with two attached hydrogens (primary N) is 1. The summed E-state index contributed by atoms with van der Waals surface area (Å²) in [5, 5.41) is 2.80. The molecule has 0 bridgehead atoms. The first kappa shape index (κ1) is 17.0. The third-order valence-corrected chi connectivity index (χ3v) is 3.38. The van der Waals surface area contributed by atoms with Gasteiger partial charge in [-0.05, 0) is 19.3 Å². The molecule has 0 saturated heterocycles. The van der Waals surface area contributed by atoms with Crippen LogP contribution in [0.1, 0.15) is 40.0 Å². The second-order valence-electron chi connectivity index (χ2n) is 5.03. The van der Waals surface area contributed by atoms with Crippen molar-refractivity contribution >= 4 is 11.6 Å². The Morgan fingerprint density at radius 2 is 1.90 bits per heavy atom. The smallest absolute Gasteiger partial charge is 0.331 e. The Labute approximate surface area is 123 Å². The average Bonchev–Trinajstić information content (AvgIpc) is 2.46. The molecule has 0 radical (unpaired) electrons. The maximum absolute atomic E-state index is 12.2. The third-order valence-electron chi connectivity index (χ3n) is 3.38. The Morgan fingerprint density at radius 3 is 2.43 bits per heavy atom. The minimum absolute atomic E-state index is 0.0293. The molecule has 1 heterocycles.